The van der Waals surface area contributed by atoms with E-state index in [1.807, 2.05) is 13.8 Å². The highest BCUT2D eigenvalue weighted by Crippen LogP contribution is 2.29. The molecule has 15 heavy (non-hydrogen) atoms. The van der Waals surface area contributed by atoms with Crippen molar-refractivity contribution in [1.82, 2.24) is 10.2 Å². The number of piperidine rings is 1. The largest absolute Gasteiger partial charge is 0.460 e. The molecular weight excluding hydrogens is 205 g/mol. The average molecular weight is 224 g/mol. The topological polar surface area (TPSA) is 15.3 Å². The van der Waals surface area contributed by atoms with Gasteiger partial charge in [0.15, 0.2) is 0 Å². The lowest BCUT2D eigenvalue weighted by molar-refractivity contribution is -0.263. The van der Waals surface area contributed by atoms with Gasteiger partial charge < -0.3 is 5.32 Å². The molecule has 1 N–H and O–H groups in total. The highest BCUT2D eigenvalue weighted by Gasteiger charge is 2.42. The van der Waals surface area contributed by atoms with Gasteiger partial charge in [-0.05, 0) is 12.8 Å². The third-order valence-corrected chi connectivity index (χ3v) is 2.71. The zero-order valence-corrected chi connectivity index (χ0v) is 9.27. The fourth-order valence-corrected chi connectivity index (χ4v) is 1.92. The van der Waals surface area contributed by atoms with Crippen LogP contribution in [0.2, 0.25) is 0 Å². The van der Waals surface area contributed by atoms with Crippen molar-refractivity contribution in [3.05, 3.63) is 0 Å². The molecule has 0 aromatic rings. The SMILES string of the molecule is CC(C)NC[C@@H]1CCCCN1C(F)(F)F. The summed E-state index contributed by atoms with van der Waals surface area (Å²) in [6.45, 7) is 4.46. The molecule has 0 unspecified atom stereocenters. The van der Waals surface area contributed by atoms with Gasteiger partial charge in [-0.15, -0.1) is 0 Å². The minimum absolute atomic E-state index is 0.147. The number of nitrogens with one attached hydrogen (secondary N) is 1. The van der Waals surface area contributed by atoms with Crippen LogP contribution in [0, 0.1) is 0 Å². The van der Waals surface area contributed by atoms with E-state index in [4.69, 9.17) is 0 Å². The number of hydrogen-bond donors (Lipinski definition) is 1. The van der Waals surface area contributed by atoms with Crippen LogP contribution in [0.25, 0.3) is 0 Å². The van der Waals surface area contributed by atoms with Crippen molar-refractivity contribution in [2.24, 2.45) is 0 Å². The molecule has 1 aliphatic heterocycles. The molecule has 0 spiro atoms. The summed E-state index contributed by atoms with van der Waals surface area (Å²) in [6, 6.07) is -0.150. The van der Waals surface area contributed by atoms with E-state index < -0.39 is 6.30 Å². The van der Waals surface area contributed by atoms with Crippen LogP contribution in [0.4, 0.5) is 13.2 Å². The molecule has 0 aromatic carbocycles. The van der Waals surface area contributed by atoms with Crippen molar-refractivity contribution in [1.29, 1.82) is 0 Å². The van der Waals surface area contributed by atoms with Gasteiger partial charge >= 0.3 is 6.30 Å². The Balaban J connectivity index is 2.50. The number of nitrogens with zero attached hydrogens (tertiary/aromatic N) is 1. The minimum Gasteiger partial charge on any atom is -0.313 e. The first-order valence-electron chi connectivity index (χ1n) is 5.48. The predicted octanol–water partition coefficient (Wildman–Crippen LogP) is 2.36. The quantitative estimate of drug-likeness (QED) is 0.740. The maximum Gasteiger partial charge on any atom is 0.460 e. The van der Waals surface area contributed by atoms with Gasteiger partial charge in [0, 0.05) is 25.2 Å². The fourth-order valence-electron chi connectivity index (χ4n) is 1.92. The van der Waals surface area contributed by atoms with Crippen molar-refractivity contribution in [3.8, 4) is 0 Å². The number of likely N-dealkylation sites (tertiary alicyclic amines) is 1. The molecule has 0 amide bonds. The Morgan fingerprint density at radius 1 is 1.33 bits per heavy atom. The Kier molecular flexibility index (Phi) is 4.40. The second-order valence-corrected chi connectivity index (χ2v) is 4.37. The van der Waals surface area contributed by atoms with Crippen molar-refractivity contribution in [2.45, 2.75) is 51.5 Å². The molecule has 1 saturated heterocycles. The van der Waals surface area contributed by atoms with Crippen LogP contribution in [-0.2, 0) is 0 Å². The van der Waals surface area contributed by atoms with Gasteiger partial charge in [-0.1, -0.05) is 20.3 Å². The zero-order valence-electron chi connectivity index (χ0n) is 9.27. The molecule has 0 aromatic heterocycles. The monoisotopic (exact) mass is 224 g/mol. The Hall–Kier alpha value is -0.290. The normalized spacial score (nSPS) is 24.8. The van der Waals surface area contributed by atoms with Crippen LogP contribution in [0.3, 0.4) is 0 Å². The van der Waals surface area contributed by atoms with Gasteiger partial charge in [0.1, 0.15) is 0 Å². The Labute approximate surface area is 88.8 Å². The van der Waals surface area contributed by atoms with E-state index in [0.29, 0.717) is 24.3 Å². The molecule has 1 atom stereocenters. The van der Waals surface area contributed by atoms with Crippen molar-refractivity contribution >= 4 is 0 Å². The lowest BCUT2D eigenvalue weighted by Gasteiger charge is -2.37. The summed E-state index contributed by atoms with van der Waals surface area (Å²) in [6.07, 6.45) is -1.99. The summed E-state index contributed by atoms with van der Waals surface area (Å²) in [4.78, 5) is 0.673. The molecule has 1 aliphatic rings. The molecule has 0 radical (unpaired) electrons. The maximum absolute atomic E-state index is 12.6. The van der Waals surface area contributed by atoms with Crippen molar-refractivity contribution in [3.63, 3.8) is 0 Å². The lowest BCUT2D eigenvalue weighted by atomic mass is 10.0. The molecule has 90 valence electrons. The van der Waals surface area contributed by atoms with Gasteiger partial charge in [0.2, 0.25) is 0 Å². The lowest BCUT2D eigenvalue weighted by Crippen LogP contribution is -2.52. The molecule has 1 heterocycles. The molecule has 5 heteroatoms. The third kappa shape index (κ3) is 3.99. The van der Waals surface area contributed by atoms with Crippen LogP contribution in [0.15, 0.2) is 0 Å². The number of rotatable bonds is 3. The minimum atomic E-state index is -4.18. The van der Waals surface area contributed by atoms with Gasteiger partial charge in [-0.25, -0.2) is 4.90 Å². The number of alkyl halides is 3. The van der Waals surface area contributed by atoms with E-state index in [9.17, 15) is 13.2 Å². The summed E-state index contributed by atoms with van der Waals surface area (Å²) in [5, 5.41) is 3.08. The van der Waals surface area contributed by atoms with Crippen LogP contribution in [0.1, 0.15) is 33.1 Å². The van der Waals surface area contributed by atoms with E-state index in [1.54, 1.807) is 0 Å². The molecule has 2 nitrogen and oxygen atoms in total. The summed E-state index contributed by atoms with van der Waals surface area (Å²) >= 11 is 0. The summed E-state index contributed by atoms with van der Waals surface area (Å²) in [5.74, 6) is 0. The summed E-state index contributed by atoms with van der Waals surface area (Å²) in [5.41, 5.74) is 0. The molecule has 0 saturated carbocycles. The van der Waals surface area contributed by atoms with Crippen molar-refractivity contribution in [2.75, 3.05) is 13.1 Å². The summed E-state index contributed by atoms with van der Waals surface area (Å²) in [7, 11) is 0. The van der Waals surface area contributed by atoms with Gasteiger partial charge in [-0.3, -0.25) is 0 Å². The van der Waals surface area contributed by atoms with E-state index in [0.717, 1.165) is 6.42 Å². The smallest absolute Gasteiger partial charge is 0.313 e. The van der Waals surface area contributed by atoms with Crippen LogP contribution in [-0.4, -0.2) is 36.4 Å². The predicted molar refractivity (Wildman–Crippen MR) is 53.5 cm³/mol. The van der Waals surface area contributed by atoms with Gasteiger partial charge in [0.05, 0.1) is 0 Å². The molecule has 1 rings (SSSR count). The van der Waals surface area contributed by atoms with E-state index in [-0.39, 0.29) is 18.6 Å². The second kappa shape index (κ2) is 5.16. The van der Waals surface area contributed by atoms with Crippen LogP contribution < -0.4 is 5.32 Å². The first-order valence-corrected chi connectivity index (χ1v) is 5.48. The van der Waals surface area contributed by atoms with Crippen LogP contribution >= 0.6 is 0 Å². The Bertz CT molecular complexity index is 192. The first-order chi connectivity index (χ1) is 6.91. The molecule has 0 bridgehead atoms. The maximum atomic E-state index is 12.6. The highest BCUT2D eigenvalue weighted by molar-refractivity contribution is 4.80. The molecule has 1 fully saturated rings. The fraction of sp³-hybridized carbons (Fsp3) is 1.00. The highest BCUT2D eigenvalue weighted by atomic mass is 19.4. The van der Waals surface area contributed by atoms with E-state index in [1.165, 1.54) is 0 Å². The van der Waals surface area contributed by atoms with Crippen molar-refractivity contribution < 1.29 is 13.2 Å². The standard InChI is InChI=1S/C10H19F3N2/c1-8(2)14-7-9-5-3-4-6-15(9)10(11,12)13/h8-9,14H,3-7H2,1-2H3/t9-/m0/s1. The molecular formula is C10H19F3N2. The number of halogens is 3. The Morgan fingerprint density at radius 2 is 2.00 bits per heavy atom. The third-order valence-electron chi connectivity index (χ3n) is 2.71. The van der Waals surface area contributed by atoms with E-state index in [2.05, 4.69) is 5.32 Å². The second-order valence-electron chi connectivity index (χ2n) is 4.37. The average Bonchev–Trinajstić information content (AvgIpc) is 2.13. The summed E-state index contributed by atoms with van der Waals surface area (Å²) < 4.78 is 37.8. The van der Waals surface area contributed by atoms with E-state index >= 15 is 0 Å². The molecule has 0 aliphatic carbocycles. The number of hydrogen-bond acceptors (Lipinski definition) is 2. The zero-order chi connectivity index (χ0) is 11.5. The van der Waals surface area contributed by atoms with Gasteiger partial charge in [0.25, 0.3) is 0 Å². The van der Waals surface area contributed by atoms with Gasteiger partial charge in [-0.2, -0.15) is 13.2 Å². The Morgan fingerprint density at radius 3 is 2.53 bits per heavy atom. The first kappa shape index (κ1) is 12.8. The van der Waals surface area contributed by atoms with Crippen LogP contribution in [0.5, 0.6) is 0 Å².